The zero-order valence-electron chi connectivity index (χ0n) is 18.9. The molecule has 6 heteroatoms. The van der Waals surface area contributed by atoms with Crippen LogP contribution in [0.1, 0.15) is 81.9 Å². The number of nitrogens with zero attached hydrogens (tertiary/aromatic N) is 3. The van der Waals surface area contributed by atoms with Gasteiger partial charge < -0.3 is 15.5 Å². The average Bonchev–Trinajstić information content (AvgIpc) is 3.25. The smallest absolute Gasteiger partial charge is 0.225 e. The highest BCUT2D eigenvalue weighted by atomic mass is 16.1. The summed E-state index contributed by atoms with van der Waals surface area (Å²) < 4.78 is 0. The third kappa shape index (κ3) is 5.44. The van der Waals surface area contributed by atoms with Crippen molar-refractivity contribution in [1.29, 1.82) is 0 Å². The summed E-state index contributed by atoms with van der Waals surface area (Å²) in [7, 11) is 4.15. The van der Waals surface area contributed by atoms with Gasteiger partial charge in [0, 0.05) is 38.7 Å². The highest BCUT2D eigenvalue weighted by molar-refractivity contribution is 5.76. The maximum absolute atomic E-state index is 12.2. The van der Waals surface area contributed by atoms with Gasteiger partial charge in [-0.05, 0) is 76.0 Å². The van der Waals surface area contributed by atoms with Gasteiger partial charge in [0.2, 0.25) is 11.9 Å². The summed E-state index contributed by atoms with van der Waals surface area (Å²) in [4.78, 5) is 24.1. The van der Waals surface area contributed by atoms with Gasteiger partial charge in [-0.15, -0.1) is 0 Å². The van der Waals surface area contributed by atoms with Crippen molar-refractivity contribution in [1.82, 2.24) is 15.3 Å². The number of carbonyl (C=O) groups excluding carboxylic acids is 1. The minimum atomic E-state index is 0.265. The molecule has 2 saturated carbocycles. The minimum absolute atomic E-state index is 0.265. The molecular weight excluding hydrogens is 374 g/mol. The van der Waals surface area contributed by atoms with Gasteiger partial charge in [-0.25, -0.2) is 4.98 Å². The van der Waals surface area contributed by atoms with Crippen molar-refractivity contribution >= 4 is 17.7 Å². The van der Waals surface area contributed by atoms with Crippen molar-refractivity contribution in [2.75, 3.05) is 30.9 Å². The van der Waals surface area contributed by atoms with Gasteiger partial charge in [0.25, 0.3) is 0 Å². The first-order valence-electron chi connectivity index (χ1n) is 12.2. The third-order valence-electron chi connectivity index (χ3n) is 7.30. The third-order valence-corrected chi connectivity index (χ3v) is 7.30. The van der Waals surface area contributed by atoms with E-state index >= 15 is 0 Å². The minimum Gasteiger partial charge on any atom is -0.362 e. The molecule has 3 aliphatic carbocycles. The number of rotatable bonds is 7. The molecule has 2 fully saturated rings. The molecule has 0 saturated heterocycles. The Balaban J connectivity index is 1.24. The van der Waals surface area contributed by atoms with Crippen LogP contribution in [0, 0.1) is 11.8 Å². The van der Waals surface area contributed by atoms with Crippen molar-refractivity contribution in [3.05, 3.63) is 11.3 Å². The van der Waals surface area contributed by atoms with Gasteiger partial charge >= 0.3 is 0 Å². The Kier molecular flexibility index (Phi) is 7.11. The van der Waals surface area contributed by atoms with Crippen LogP contribution in [0.4, 0.5) is 11.8 Å². The Morgan fingerprint density at radius 1 is 0.933 bits per heavy atom. The van der Waals surface area contributed by atoms with Gasteiger partial charge in [-0.1, -0.05) is 12.8 Å². The number of aromatic nitrogens is 2. The molecule has 1 amide bonds. The number of hydrogen-bond donors (Lipinski definition) is 2. The highest BCUT2D eigenvalue weighted by Gasteiger charge is 2.25. The molecular formula is C24H39N5O. The lowest BCUT2D eigenvalue weighted by atomic mass is 9.86. The normalized spacial score (nSPS) is 24.3. The fourth-order valence-electron chi connectivity index (χ4n) is 5.51. The van der Waals surface area contributed by atoms with Gasteiger partial charge in [0.15, 0.2) is 0 Å². The van der Waals surface area contributed by atoms with Gasteiger partial charge in [-0.3, -0.25) is 4.79 Å². The number of carbonyl (C=O) groups is 1. The van der Waals surface area contributed by atoms with E-state index in [9.17, 15) is 4.79 Å². The fourth-order valence-corrected chi connectivity index (χ4v) is 5.51. The van der Waals surface area contributed by atoms with E-state index in [0.717, 1.165) is 63.3 Å². The molecule has 0 aliphatic heterocycles. The summed E-state index contributed by atoms with van der Waals surface area (Å²) in [6, 6.07) is 0.437. The number of aryl methyl sites for hydroxylation is 1. The molecule has 0 unspecified atom stereocenters. The number of nitrogens with one attached hydrogen (secondary N) is 2. The summed E-state index contributed by atoms with van der Waals surface area (Å²) in [5.41, 5.74) is 2.58. The number of fused-ring (bicyclic) bond motifs is 1. The Hall–Kier alpha value is -1.85. The number of anilines is 2. The first kappa shape index (κ1) is 21.4. The molecule has 1 aromatic rings. The lowest BCUT2D eigenvalue weighted by Gasteiger charge is -2.30. The lowest BCUT2D eigenvalue weighted by Crippen LogP contribution is -2.34. The maximum Gasteiger partial charge on any atom is 0.225 e. The highest BCUT2D eigenvalue weighted by Crippen LogP contribution is 2.31. The second-order valence-electron chi connectivity index (χ2n) is 9.92. The molecule has 1 aromatic heterocycles. The van der Waals surface area contributed by atoms with Crippen molar-refractivity contribution in [3.63, 3.8) is 0 Å². The van der Waals surface area contributed by atoms with E-state index in [1.807, 2.05) is 0 Å². The van der Waals surface area contributed by atoms with E-state index in [-0.39, 0.29) is 5.91 Å². The van der Waals surface area contributed by atoms with E-state index in [0.29, 0.717) is 17.9 Å². The summed E-state index contributed by atoms with van der Waals surface area (Å²) in [5.74, 6) is 3.39. The van der Waals surface area contributed by atoms with E-state index < -0.39 is 0 Å². The number of amides is 1. The zero-order chi connectivity index (χ0) is 20.9. The predicted molar refractivity (Wildman–Crippen MR) is 122 cm³/mol. The van der Waals surface area contributed by atoms with Crippen LogP contribution in [0.3, 0.4) is 0 Å². The molecule has 6 nitrogen and oxygen atoms in total. The molecule has 2 N–H and O–H groups in total. The van der Waals surface area contributed by atoms with Crippen molar-refractivity contribution in [2.45, 2.75) is 89.5 Å². The molecule has 3 aliphatic rings. The van der Waals surface area contributed by atoms with Crippen molar-refractivity contribution < 1.29 is 4.79 Å². The maximum atomic E-state index is 12.2. The van der Waals surface area contributed by atoms with E-state index in [1.54, 1.807) is 0 Å². The summed E-state index contributed by atoms with van der Waals surface area (Å²) >= 11 is 0. The van der Waals surface area contributed by atoms with Crippen LogP contribution >= 0.6 is 0 Å². The first-order valence-corrected chi connectivity index (χ1v) is 12.2. The second kappa shape index (κ2) is 9.97. The van der Waals surface area contributed by atoms with E-state index in [1.165, 1.54) is 49.8 Å². The molecule has 1 heterocycles. The SMILES string of the molecule is CN(C)c1nc(NC2CCC(CNC(=O)CC3CCCC3)CC2)nc2c1CCCC2. The van der Waals surface area contributed by atoms with Crippen LogP contribution in [0.2, 0.25) is 0 Å². The molecule has 166 valence electrons. The predicted octanol–water partition coefficient (Wildman–Crippen LogP) is 4.09. The van der Waals surface area contributed by atoms with Gasteiger partial charge in [0.05, 0.1) is 5.69 Å². The second-order valence-corrected chi connectivity index (χ2v) is 9.92. The average molecular weight is 414 g/mol. The van der Waals surface area contributed by atoms with Gasteiger partial charge in [0.1, 0.15) is 5.82 Å². The first-order chi connectivity index (χ1) is 14.6. The largest absolute Gasteiger partial charge is 0.362 e. The van der Waals surface area contributed by atoms with Crippen LogP contribution in [0.25, 0.3) is 0 Å². The molecule has 4 rings (SSSR count). The Morgan fingerprint density at radius 3 is 2.40 bits per heavy atom. The Bertz CT molecular complexity index is 721. The Labute approximate surface area is 181 Å². The van der Waals surface area contributed by atoms with Crippen molar-refractivity contribution in [3.8, 4) is 0 Å². The molecule has 0 spiro atoms. The van der Waals surface area contributed by atoms with Crippen LogP contribution in [-0.2, 0) is 17.6 Å². The molecule has 0 aromatic carbocycles. The molecule has 0 bridgehead atoms. The van der Waals surface area contributed by atoms with Gasteiger partial charge in [-0.2, -0.15) is 4.98 Å². The monoisotopic (exact) mass is 413 g/mol. The molecule has 0 radical (unpaired) electrons. The summed E-state index contributed by atoms with van der Waals surface area (Å²) in [6.45, 7) is 0.846. The topological polar surface area (TPSA) is 70.2 Å². The fraction of sp³-hybridized carbons (Fsp3) is 0.792. The summed E-state index contributed by atoms with van der Waals surface area (Å²) in [5, 5.41) is 6.83. The molecule has 30 heavy (non-hydrogen) atoms. The standard InChI is InChI=1S/C24H39N5O/c1-29(2)23-20-9-5-6-10-21(20)27-24(28-23)26-19-13-11-18(12-14-19)16-25-22(30)15-17-7-3-4-8-17/h17-19H,3-16H2,1-2H3,(H,25,30)(H,26,27,28). The van der Waals surface area contributed by atoms with E-state index in [4.69, 9.17) is 9.97 Å². The summed E-state index contributed by atoms with van der Waals surface area (Å²) in [6.07, 6.45) is 15.0. The van der Waals surface area contributed by atoms with E-state index in [2.05, 4.69) is 29.6 Å². The zero-order valence-corrected chi connectivity index (χ0v) is 18.9. The van der Waals surface area contributed by atoms with Crippen LogP contribution in [0.5, 0.6) is 0 Å². The van der Waals surface area contributed by atoms with Crippen LogP contribution < -0.4 is 15.5 Å². The van der Waals surface area contributed by atoms with Crippen molar-refractivity contribution in [2.24, 2.45) is 11.8 Å². The van der Waals surface area contributed by atoms with Crippen LogP contribution in [0.15, 0.2) is 0 Å². The molecule has 0 atom stereocenters. The lowest BCUT2D eigenvalue weighted by molar-refractivity contribution is -0.122. The van der Waals surface area contributed by atoms with Crippen LogP contribution in [-0.4, -0.2) is 42.6 Å². The number of hydrogen-bond acceptors (Lipinski definition) is 5. The Morgan fingerprint density at radius 2 is 1.67 bits per heavy atom. The quantitative estimate of drug-likeness (QED) is 0.705.